The molecule has 0 atom stereocenters. The van der Waals surface area contributed by atoms with Crippen molar-refractivity contribution in [2.45, 2.75) is 18.9 Å². The van der Waals surface area contributed by atoms with Gasteiger partial charge >= 0.3 is 11.8 Å². The molecule has 0 aliphatic carbocycles. The number of likely N-dealkylation sites (tertiary alicyclic amines) is 1. The molecule has 3 amide bonds. The molecule has 1 aliphatic rings. The van der Waals surface area contributed by atoms with Crippen molar-refractivity contribution in [1.29, 1.82) is 0 Å². The van der Waals surface area contributed by atoms with Crippen LogP contribution < -0.4 is 10.1 Å². The highest BCUT2D eigenvalue weighted by Crippen LogP contribution is 2.25. The van der Waals surface area contributed by atoms with Gasteiger partial charge in [0, 0.05) is 50.2 Å². The lowest BCUT2D eigenvalue weighted by Gasteiger charge is -2.32. The molecule has 1 heterocycles. The van der Waals surface area contributed by atoms with E-state index in [9.17, 15) is 18.8 Å². The second-order valence-corrected chi connectivity index (χ2v) is 8.27. The SMILES string of the molecule is CN(C)C(=O)C(=O)Nc1ccc(Br)c(C(=O)N2CCC(Oc3ccc(F)cc3)CC2)c1. The Morgan fingerprint density at radius 3 is 2.35 bits per heavy atom. The number of hydrogen-bond donors (Lipinski definition) is 1. The fourth-order valence-corrected chi connectivity index (χ4v) is 3.62. The predicted molar refractivity (Wildman–Crippen MR) is 117 cm³/mol. The topological polar surface area (TPSA) is 79.0 Å². The largest absolute Gasteiger partial charge is 0.490 e. The van der Waals surface area contributed by atoms with E-state index in [4.69, 9.17) is 4.74 Å². The minimum absolute atomic E-state index is 0.0550. The Labute approximate surface area is 188 Å². The molecule has 0 saturated carbocycles. The summed E-state index contributed by atoms with van der Waals surface area (Å²) in [5.41, 5.74) is 0.759. The van der Waals surface area contributed by atoms with Gasteiger partial charge in [-0.1, -0.05) is 0 Å². The van der Waals surface area contributed by atoms with Gasteiger partial charge in [-0.25, -0.2) is 4.39 Å². The zero-order valence-electron chi connectivity index (χ0n) is 17.2. The van der Waals surface area contributed by atoms with Gasteiger partial charge in [0.05, 0.1) is 5.56 Å². The maximum absolute atomic E-state index is 13.0. The molecule has 164 valence electrons. The van der Waals surface area contributed by atoms with E-state index in [-0.39, 0.29) is 17.8 Å². The first-order chi connectivity index (χ1) is 14.7. The third-order valence-electron chi connectivity index (χ3n) is 4.90. The molecule has 0 aromatic heterocycles. The van der Waals surface area contributed by atoms with Gasteiger partial charge in [0.1, 0.15) is 17.7 Å². The van der Waals surface area contributed by atoms with E-state index in [2.05, 4.69) is 21.2 Å². The summed E-state index contributed by atoms with van der Waals surface area (Å²) in [5.74, 6) is -1.35. The maximum Gasteiger partial charge on any atom is 0.313 e. The molecule has 0 unspecified atom stereocenters. The molecular weight excluding hydrogens is 469 g/mol. The predicted octanol–water partition coefficient (Wildman–Crippen LogP) is 3.30. The first kappa shape index (κ1) is 22.7. The van der Waals surface area contributed by atoms with Gasteiger partial charge in [0.15, 0.2) is 0 Å². The first-order valence-electron chi connectivity index (χ1n) is 9.78. The monoisotopic (exact) mass is 491 g/mol. The van der Waals surface area contributed by atoms with E-state index < -0.39 is 11.8 Å². The lowest BCUT2D eigenvalue weighted by molar-refractivity contribution is -0.141. The molecule has 7 nitrogen and oxygen atoms in total. The Bertz CT molecular complexity index is 973. The van der Waals surface area contributed by atoms with Crippen LogP contribution in [0.4, 0.5) is 10.1 Å². The molecule has 0 bridgehead atoms. The summed E-state index contributed by atoms with van der Waals surface area (Å²) in [5, 5.41) is 2.52. The Morgan fingerprint density at radius 1 is 1.10 bits per heavy atom. The Hall–Kier alpha value is -2.94. The standard InChI is InChI=1S/C22H23BrFN3O4/c1-26(2)22(30)20(28)25-15-5-8-19(23)18(13-15)21(29)27-11-9-17(10-12-27)31-16-6-3-14(24)4-7-16/h3-8,13,17H,9-12H2,1-2H3,(H,25,28). The molecule has 9 heteroatoms. The number of piperidine rings is 1. The first-order valence-corrected chi connectivity index (χ1v) is 10.6. The number of rotatable bonds is 4. The van der Waals surface area contributed by atoms with Crippen molar-refractivity contribution in [2.75, 3.05) is 32.5 Å². The number of ether oxygens (including phenoxy) is 1. The van der Waals surface area contributed by atoms with Crippen molar-refractivity contribution in [2.24, 2.45) is 0 Å². The number of benzene rings is 2. The Kier molecular flexibility index (Phi) is 7.27. The number of nitrogens with zero attached hydrogens (tertiary/aromatic N) is 2. The summed E-state index contributed by atoms with van der Waals surface area (Å²) in [6.07, 6.45) is 1.24. The quantitative estimate of drug-likeness (QED) is 0.665. The highest BCUT2D eigenvalue weighted by molar-refractivity contribution is 9.10. The molecular formula is C22H23BrFN3O4. The number of hydrogen-bond acceptors (Lipinski definition) is 4. The summed E-state index contributed by atoms with van der Waals surface area (Å²) in [7, 11) is 2.98. The van der Waals surface area contributed by atoms with E-state index in [1.807, 2.05) is 0 Å². The van der Waals surface area contributed by atoms with E-state index in [1.54, 1.807) is 35.2 Å². The summed E-state index contributed by atoms with van der Waals surface area (Å²) < 4.78 is 19.5. The lowest BCUT2D eigenvalue weighted by atomic mass is 10.1. The summed E-state index contributed by atoms with van der Waals surface area (Å²) in [4.78, 5) is 39.7. The smallest absolute Gasteiger partial charge is 0.313 e. The van der Waals surface area contributed by atoms with Crippen molar-refractivity contribution >= 4 is 39.3 Å². The molecule has 1 fully saturated rings. The van der Waals surface area contributed by atoms with Crippen LogP contribution in [-0.2, 0) is 9.59 Å². The molecule has 3 rings (SSSR count). The number of likely N-dealkylation sites (N-methyl/N-ethyl adjacent to an activating group) is 1. The van der Waals surface area contributed by atoms with Crippen LogP contribution >= 0.6 is 15.9 Å². The van der Waals surface area contributed by atoms with Gasteiger partial charge < -0.3 is 19.9 Å². The number of anilines is 1. The minimum Gasteiger partial charge on any atom is -0.490 e. The maximum atomic E-state index is 13.0. The van der Waals surface area contributed by atoms with Gasteiger partial charge in [-0.2, -0.15) is 0 Å². The van der Waals surface area contributed by atoms with Crippen molar-refractivity contribution in [1.82, 2.24) is 9.80 Å². The van der Waals surface area contributed by atoms with Crippen LogP contribution in [0.3, 0.4) is 0 Å². The second kappa shape index (κ2) is 9.91. The van der Waals surface area contributed by atoms with Gasteiger partial charge in [-0.05, 0) is 58.4 Å². The number of carbonyl (C=O) groups excluding carboxylic acids is 3. The van der Waals surface area contributed by atoms with E-state index in [0.717, 1.165) is 0 Å². The number of amides is 3. The van der Waals surface area contributed by atoms with Crippen LogP contribution in [0, 0.1) is 5.82 Å². The number of carbonyl (C=O) groups is 3. The fraction of sp³-hybridized carbons (Fsp3) is 0.318. The zero-order valence-corrected chi connectivity index (χ0v) is 18.8. The number of halogens is 2. The minimum atomic E-state index is -0.774. The highest BCUT2D eigenvalue weighted by atomic mass is 79.9. The molecule has 2 aromatic rings. The van der Waals surface area contributed by atoms with Crippen LogP contribution in [0.15, 0.2) is 46.9 Å². The Balaban J connectivity index is 1.61. The van der Waals surface area contributed by atoms with E-state index in [1.165, 1.54) is 31.1 Å². The molecule has 0 spiro atoms. The van der Waals surface area contributed by atoms with Crippen molar-refractivity contribution in [3.8, 4) is 5.75 Å². The lowest BCUT2D eigenvalue weighted by Crippen LogP contribution is -2.42. The van der Waals surface area contributed by atoms with Crippen molar-refractivity contribution < 1.29 is 23.5 Å². The van der Waals surface area contributed by atoms with Crippen molar-refractivity contribution in [3.63, 3.8) is 0 Å². The highest BCUT2D eigenvalue weighted by Gasteiger charge is 2.26. The van der Waals surface area contributed by atoms with E-state index in [0.29, 0.717) is 47.4 Å². The summed E-state index contributed by atoms with van der Waals surface area (Å²) >= 11 is 3.39. The van der Waals surface area contributed by atoms with Crippen LogP contribution in [0.1, 0.15) is 23.2 Å². The molecule has 2 aromatic carbocycles. The molecule has 1 N–H and O–H groups in total. The van der Waals surface area contributed by atoms with Crippen LogP contribution in [0.25, 0.3) is 0 Å². The number of nitrogens with one attached hydrogen (secondary N) is 1. The second-order valence-electron chi connectivity index (χ2n) is 7.41. The molecule has 1 aliphatic heterocycles. The average molecular weight is 492 g/mol. The summed E-state index contributed by atoms with van der Waals surface area (Å²) in [6, 6.07) is 10.7. The van der Waals surface area contributed by atoms with Crippen LogP contribution in [-0.4, -0.2) is 60.8 Å². The fourth-order valence-electron chi connectivity index (χ4n) is 3.21. The van der Waals surface area contributed by atoms with Crippen molar-refractivity contribution in [3.05, 3.63) is 58.3 Å². The normalized spacial score (nSPS) is 14.1. The van der Waals surface area contributed by atoms with Gasteiger partial charge in [-0.15, -0.1) is 0 Å². The molecule has 31 heavy (non-hydrogen) atoms. The zero-order chi connectivity index (χ0) is 22.5. The van der Waals surface area contributed by atoms with Crippen LogP contribution in [0.2, 0.25) is 0 Å². The molecule has 0 radical (unpaired) electrons. The van der Waals surface area contributed by atoms with Gasteiger partial charge in [0.2, 0.25) is 0 Å². The Morgan fingerprint density at radius 2 is 1.74 bits per heavy atom. The van der Waals surface area contributed by atoms with E-state index >= 15 is 0 Å². The third kappa shape index (κ3) is 5.81. The van der Waals surface area contributed by atoms with Gasteiger partial charge in [-0.3, -0.25) is 14.4 Å². The van der Waals surface area contributed by atoms with Crippen LogP contribution in [0.5, 0.6) is 5.75 Å². The average Bonchev–Trinajstić information content (AvgIpc) is 2.76. The summed E-state index contributed by atoms with van der Waals surface area (Å²) in [6.45, 7) is 1.01. The third-order valence-corrected chi connectivity index (χ3v) is 5.59. The van der Waals surface area contributed by atoms with Gasteiger partial charge in [0.25, 0.3) is 5.91 Å². The molecule has 1 saturated heterocycles.